The van der Waals surface area contributed by atoms with E-state index < -0.39 is 83.9 Å². The highest BCUT2D eigenvalue weighted by Gasteiger charge is 2.50. The van der Waals surface area contributed by atoms with Gasteiger partial charge in [0.1, 0.15) is 59.7 Å². The Kier molecular flexibility index (Phi) is 35.1. The van der Waals surface area contributed by atoms with Gasteiger partial charge >= 0.3 is 0 Å². The van der Waals surface area contributed by atoms with Gasteiger partial charge in [0.2, 0.25) is 17.8 Å². The number of carbonyl (C=O) groups excluding carboxylic acids is 2. The van der Waals surface area contributed by atoms with Crippen LogP contribution in [-0.4, -0.2) is 222 Å². The zero-order chi connectivity index (χ0) is 54.3. The molecule has 0 radical (unpaired) electrons. The molecule has 18 atom stereocenters. The van der Waals surface area contributed by atoms with Crippen LogP contribution in [0.1, 0.15) is 66.2 Å². The van der Waals surface area contributed by atoms with E-state index in [1.807, 2.05) is 19.0 Å². The van der Waals surface area contributed by atoms with Gasteiger partial charge in [-0.2, -0.15) is 12.9 Å². The molecule has 0 bridgehead atoms. The number of nitrogens with zero attached hydrogens (tertiary/aromatic N) is 5. The minimum Gasteiger partial charge on any atom is -0.388 e. The van der Waals surface area contributed by atoms with E-state index in [0.717, 1.165) is 51.6 Å². The summed E-state index contributed by atoms with van der Waals surface area (Å²) in [6.45, 7) is 9.43. The summed E-state index contributed by atoms with van der Waals surface area (Å²) >= 11 is 2.95. The Morgan fingerprint density at radius 1 is 0.764 bits per heavy atom. The van der Waals surface area contributed by atoms with Crippen molar-refractivity contribution >= 4 is 84.0 Å². The second-order valence-corrected chi connectivity index (χ2v) is 20.4. The molecule has 2 amide bonds. The van der Waals surface area contributed by atoms with Gasteiger partial charge in [0.15, 0.2) is 5.96 Å². The third kappa shape index (κ3) is 21.6. The number of amides is 2. The van der Waals surface area contributed by atoms with Crippen molar-refractivity contribution < 1.29 is 57.5 Å². The maximum atomic E-state index is 13.1. The molecule has 4 aliphatic heterocycles. The number of halogens is 3. The number of hydrogen-bond acceptors (Lipinski definition) is 20. The highest BCUT2D eigenvalue weighted by atomic mass is 35.5. The number of nitrogens with two attached hydrogens (primary N) is 4. The lowest BCUT2D eigenvalue weighted by molar-refractivity contribution is -0.206. The van der Waals surface area contributed by atoms with E-state index in [4.69, 9.17) is 37.8 Å². The first-order valence-electron chi connectivity index (χ1n) is 23.4. The van der Waals surface area contributed by atoms with Crippen molar-refractivity contribution in [1.82, 2.24) is 30.2 Å². The van der Waals surface area contributed by atoms with Crippen LogP contribution in [0, 0.1) is 17.2 Å². The molecular weight excluding hydrogens is 1050 g/mol. The summed E-state index contributed by atoms with van der Waals surface area (Å²) in [5.41, 5.74) is 20.7. The van der Waals surface area contributed by atoms with E-state index in [0.29, 0.717) is 11.8 Å². The second-order valence-electron chi connectivity index (χ2n) is 17.9. The quantitative estimate of drug-likeness (QED) is 0.0815. The fourth-order valence-corrected chi connectivity index (χ4v) is 10.4. The molecule has 4 unspecified atom stereocenters. The van der Waals surface area contributed by atoms with Gasteiger partial charge in [-0.25, -0.2) is 9.67 Å². The van der Waals surface area contributed by atoms with Gasteiger partial charge in [-0.05, 0) is 84.0 Å². The Hall–Kier alpha value is -2.00. The van der Waals surface area contributed by atoms with Crippen LogP contribution < -0.4 is 33.6 Å². The molecule has 4 fully saturated rings. The third-order valence-corrected chi connectivity index (χ3v) is 14.2. The number of hydrogen-bond donors (Lipinski definition) is 13. The monoisotopic (exact) mass is 1130 g/mol. The van der Waals surface area contributed by atoms with Crippen molar-refractivity contribution in [2.45, 2.75) is 162 Å². The number of likely N-dealkylation sites (N-methyl/N-ethyl adjacent to an activating group) is 2. The number of nitrogen functional groups attached to an aromatic ring is 1. The molecule has 0 saturated carbocycles. The van der Waals surface area contributed by atoms with Crippen molar-refractivity contribution in [3.63, 3.8) is 0 Å². The van der Waals surface area contributed by atoms with Crippen molar-refractivity contribution in [2.75, 3.05) is 52.2 Å². The number of thioether (sulfide) groups is 2. The predicted molar refractivity (Wildman–Crippen MR) is 288 cm³/mol. The van der Waals surface area contributed by atoms with E-state index in [2.05, 4.69) is 39.5 Å². The Morgan fingerprint density at radius 2 is 1.15 bits per heavy atom. The zero-order valence-corrected chi connectivity index (χ0v) is 47.0. The summed E-state index contributed by atoms with van der Waals surface area (Å²) in [5.74, 6) is 0.397. The second kappa shape index (κ2) is 36.1. The van der Waals surface area contributed by atoms with Gasteiger partial charge in [-0.1, -0.05) is 26.7 Å². The van der Waals surface area contributed by atoms with E-state index in [9.17, 15) is 48.0 Å². The number of aliphatic hydroxyl groups is 6. The number of ether oxygens (including phenoxy) is 2. The number of rotatable bonds is 15. The standard InChI is InChI=1S/C19H37N5O5S.C18H35N3O5S.C4H6N4.2CH3FS.ClH/c1-5-6-10-7-11(24(3)8-10)17(28)23-12(9(2)22-19(20)21)16-14(26)13(25)15(27)18(29-16)30-4;1-5-6-10-7-11(21(3)8-10)17(25)20-12(9(2)19)16-14(23)13(22)15(24)18(26-16)27-4;5-4(6)8-3-1-2-7-8;2*1-3-2;/h9-16,18,25-27H,5-8H2,1-4H3,(H,23,28)(H4,20,21,22);9-16,18,22-24H,5-8,19H2,1-4H3,(H,20,25);1-3H,(H3,5,6);2*1H3;1H/t2*9-,10+,11-,12+,13+,14?,15+,16+,18?;;;;/m00..../s1. The lowest BCUT2D eigenvalue weighted by Crippen LogP contribution is -2.66. The summed E-state index contributed by atoms with van der Waals surface area (Å²) in [6, 6.07) is -1.44. The fourth-order valence-electron chi connectivity index (χ4n) is 9.03. The van der Waals surface area contributed by atoms with Crippen molar-refractivity contribution in [3.8, 4) is 0 Å². The van der Waals surface area contributed by atoms with Gasteiger partial charge in [-0.3, -0.25) is 24.8 Å². The average Bonchev–Trinajstić information content (AvgIpc) is 4.08. The Labute approximate surface area is 447 Å². The van der Waals surface area contributed by atoms with E-state index in [1.165, 1.54) is 40.7 Å². The van der Waals surface area contributed by atoms with Gasteiger partial charge < -0.3 is 73.7 Å². The number of aromatic nitrogens is 2. The topological polar surface area (TPSA) is 363 Å². The summed E-state index contributed by atoms with van der Waals surface area (Å²) in [4.78, 5) is 34.2. The van der Waals surface area contributed by atoms with Gasteiger partial charge in [0, 0.05) is 68.3 Å². The summed E-state index contributed by atoms with van der Waals surface area (Å²) in [6.07, 6.45) is 5.37. The number of nitrogens with one attached hydrogen (secondary N) is 3. The van der Waals surface area contributed by atoms with E-state index in [1.54, 1.807) is 44.8 Å². The maximum Gasteiger partial charge on any atom is 0.237 e. The lowest BCUT2D eigenvalue weighted by atomic mass is 9.91. The Balaban J connectivity index is 0.00000110. The molecule has 0 spiro atoms. The number of aliphatic imine (C=N–C) groups is 1. The molecule has 17 N–H and O–H groups in total. The number of carbonyl (C=O) groups is 2. The molecule has 4 saturated heterocycles. The number of likely N-dealkylation sites (tertiary alicyclic amines) is 2. The molecular formula is C43H85ClF2N12O10S4. The van der Waals surface area contributed by atoms with Crippen LogP contribution in [0.4, 0.5) is 7.77 Å². The molecule has 4 aliphatic rings. The molecule has 0 aromatic carbocycles. The average molecular weight is 1130 g/mol. The molecule has 5 heterocycles. The first-order chi connectivity index (χ1) is 33.4. The molecule has 0 aliphatic carbocycles. The molecule has 422 valence electrons. The van der Waals surface area contributed by atoms with Crippen LogP contribution >= 0.6 is 60.2 Å². The highest BCUT2D eigenvalue weighted by molar-refractivity contribution is 7.99. The van der Waals surface area contributed by atoms with E-state index in [-0.39, 0.29) is 72.5 Å². The van der Waals surface area contributed by atoms with Gasteiger partial charge in [0.25, 0.3) is 0 Å². The Morgan fingerprint density at radius 3 is 1.46 bits per heavy atom. The maximum absolute atomic E-state index is 13.1. The molecule has 5 rings (SSSR count). The largest absolute Gasteiger partial charge is 0.388 e. The van der Waals surface area contributed by atoms with Crippen LogP contribution in [0.5, 0.6) is 0 Å². The van der Waals surface area contributed by atoms with Crippen molar-refractivity contribution in [2.24, 2.45) is 39.8 Å². The van der Waals surface area contributed by atoms with Crippen LogP contribution in [0.3, 0.4) is 0 Å². The molecule has 72 heavy (non-hydrogen) atoms. The fraction of sp³-hybridized carbons (Fsp3) is 0.837. The smallest absolute Gasteiger partial charge is 0.237 e. The van der Waals surface area contributed by atoms with Crippen molar-refractivity contribution in [1.29, 1.82) is 5.41 Å². The van der Waals surface area contributed by atoms with Gasteiger partial charge in [-0.15, -0.1) is 35.9 Å². The van der Waals surface area contributed by atoms with Crippen LogP contribution in [0.25, 0.3) is 0 Å². The first kappa shape index (κ1) is 70.0. The van der Waals surface area contributed by atoms with E-state index >= 15 is 0 Å². The minimum absolute atomic E-state index is 0. The highest BCUT2D eigenvalue weighted by Crippen LogP contribution is 2.33. The van der Waals surface area contributed by atoms with Crippen LogP contribution in [-0.2, 0) is 19.1 Å². The van der Waals surface area contributed by atoms with Crippen molar-refractivity contribution in [3.05, 3.63) is 18.5 Å². The summed E-state index contributed by atoms with van der Waals surface area (Å²) in [5, 5.41) is 78.1. The first-order valence-corrected chi connectivity index (χ1v) is 28.2. The van der Waals surface area contributed by atoms with Gasteiger partial charge in [0.05, 0.1) is 30.2 Å². The molecule has 29 heteroatoms. The molecule has 1 aromatic rings. The van der Waals surface area contributed by atoms with Crippen LogP contribution in [0.2, 0.25) is 0 Å². The SMILES string of the molecule is CCC[C@@H]1C[C@@H](C(=O)N[C@H]([C@H](C)N)[C@H]2OC(SC)[C@H](O)[C@H](O)C2O)N(C)C1.CCC[C@@H]1C[C@@H](C(=O)N[C@H]([C@H](C)N=C(N)N)[C@H]2OC(SC)[C@H](O)[C@H](O)C2O)N(C)C1.CSF.CSF.Cl.N=C(N)n1cccn1. The molecule has 22 nitrogen and oxygen atoms in total. The number of guanidine groups is 1. The minimum atomic E-state index is -1.42. The summed E-state index contributed by atoms with van der Waals surface area (Å²) < 4.78 is 33.4. The predicted octanol–water partition coefficient (Wildman–Crippen LogP) is 0.0478. The zero-order valence-electron chi connectivity index (χ0n) is 42.9. The summed E-state index contributed by atoms with van der Waals surface area (Å²) in [7, 11) is 3.86. The third-order valence-electron chi connectivity index (χ3n) is 12.5. The number of aliphatic hydroxyl groups excluding tert-OH is 6. The van der Waals surface area contributed by atoms with Crippen LogP contribution in [0.15, 0.2) is 23.5 Å². The lowest BCUT2D eigenvalue weighted by Gasteiger charge is -2.44. The molecule has 1 aromatic heterocycles. The Bertz CT molecular complexity index is 1700. The normalized spacial score (nSPS) is 31.8.